The van der Waals surface area contributed by atoms with Gasteiger partial charge in [0.15, 0.2) is 16.0 Å². The van der Waals surface area contributed by atoms with Gasteiger partial charge in [-0.25, -0.2) is 20.6 Å². The highest BCUT2D eigenvalue weighted by Gasteiger charge is 2.54. The Morgan fingerprint density at radius 3 is 2.81 bits per heavy atom. The van der Waals surface area contributed by atoms with E-state index in [1.807, 2.05) is 6.92 Å². The van der Waals surface area contributed by atoms with Crippen molar-refractivity contribution in [1.82, 2.24) is 20.2 Å². The molecule has 0 spiro atoms. The van der Waals surface area contributed by atoms with E-state index in [-0.39, 0.29) is 28.0 Å². The van der Waals surface area contributed by atoms with E-state index in [0.29, 0.717) is 28.9 Å². The summed E-state index contributed by atoms with van der Waals surface area (Å²) in [6.45, 7) is 2.23. The highest BCUT2D eigenvalue weighted by Crippen LogP contribution is 2.41. The first-order chi connectivity index (χ1) is 17.1. The minimum Gasteiger partial charge on any atom is -0.477 e. The molecule has 17 heteroatoms. The summed E-state index contributed by atoms with van der Waals surface area (Å²) in [6, 6.07) is -0.945. The zero-order valence-corrected chi connectivity index (χ0v) is 21.6. The van der Waals surface area contributed by atoms with E-state index < -0.39 is 29.2 Å². The van der Waals surface area contributed by atoms with Gasteiger partial charge in [0.25, 0.3) is 11.8 Å². The summed E-state index contributed by atoms with van der Waals surface area (Å²) in [7, 11) is 1.27. The van der Waals surface area contributed by atoms with Gasteiger partial charge < -0.3 is 26.7 Å². The number of carboxylic acid groups (broad SMARTS) is 1. The lowest BCUT2D eigenvalue weighted by molar-refractivity contribution is -0.150. The molecule has 0 saturated carbocycles. The van der Waals surface area contributed by atoms with Crippen molar-refractivity contribution in [2.24, 2.45) is 21.7 Å². The van der Waals surface area contributed by atoms with E-state index in [0.717, 1.165) is 16.9 Å². The number of aliphatic carboxylic acids is 1. The average Bonchev–Trinajstić information content (AvgIpc) is 3.27. The Morgan fingerprint density at radius 1 is 1.42 bits per heavy atom. The number of hydrogen-bond acceptors (Lipinski definition) is 14. The summed E-state index contributed by atoms with van der Waals surface area (Å²) in [6.07, 6.45) is 0. The molecule has 2 amide bonds. The maximum atomic E-state index is 13.0. The molecule has 1 fully saturated rings. The van der Waals surface area contributed by atoms with Gasteiger partial charge in [-0.2, -0.15) is 0 Å². The predicted molar refractivity (Wildman–Crippen MR) is 137 cm³/mol. The summed E-state index contributed by atoms with van der Waals surface area (Å²) >= 11 is 3.70. The monoisotopic (exact) mass is 553 g/mol. The third kappa shape index (κ3) is 4.86. The Kier molecular flexibility index (Phi) is 7.43. The van der Waals surface area contributed by atoms with Crippen molar-refractivity contribution in [3.63, 3.8) is 0 Å². The number of aromatic nitrogens is 1. The van der Waals surface area contributed by atoms with Crippen molar-refractivity contribution >= 4 is 68.7 Å². The standard InChI is InChI=1S/C19H23N9O5S3/c1-7-3-27(22)19(25-13(7)20)36-5-8-4-34-16-11(15(30)28(16)12(8)17(31)32)24-14(29)10(26-33-2)9-6-35-18(21)23-9/h6,11,16H,3-5,20,22H2,1-2H3,(H2,21,23)(H,24,29)(H,31,32)/b26-10-/t11?,16-/m0/s1. The molecule has 192 valence electrons. The summed E-state index contributed by atoms with van der Waals surface area (Å²) in [5, 5.41) is 19.3. The number of hydrazine groups is 1. The number of carbonyl (C=O) groups excluding carboxylic acids is 2. The number of oxime groups is 1. The highest BCUT2D eigenvalue weighted by molar-refractivity contribution is 8.14. The van der Waals surface area contributed by atoms with Crippen molar-refractivity contribution in [3.8, 4) is 0 Å². The number of β-lactam (4-membered cyclic amide) rings is 1. The minimum absolute atomic E-state index is 0.112. The lowest BCUT2D eigenvalue weighted by Gasteiger charge is -2.49. The van der Waals surface area contributed by atoms with Gasteiger partial charge >= 0.3 is 5.97 Å². The number of amidine groups is 1. The van der Waals surface area contributed by atoms with Gasteiger partial charge in [-0.3, -0.25) is 19.5 Å². The van der Waals surface area contributed by atoms with Crippen LogP contribution in [0.2, 0.25) is 0 Å². The highest BCUT2D eigenvalue weighted by atomic mass is 32.2. The fourth-order valence-electron chi connectivity index (χ4n) is 3.63. The molecule has 0 radical (unpaired) electrons. The molecular weight excluding hydrogens is 530 g/mol. The molecule has 0 bridgehead atoms. The van der Waals surface area contributed by atoms with Gasteiger partial charge in [0.05, 0.1) is 6.54 Å². The van der Waals surface area contributed by atoms with Crippen molar-refractivity contribution in [3.05, 3.63) is 33.7 Å². The van der Waals surface area contributed by atoms with Gasteiger partial charge in [-0.15, -0.1) is 23.1 Å². The smallest absolute Gasteiger partial charge is 0.352 e. The second kappa shape index (κ2) is 10.4. The quantitative estimate of drug-likeness (QED) is 0.122. The Hall–Kier alpha value is -3.28. The number of nitrogens with zero attached hydrogens (tertiary/aromatic N) is 5. The topological polar surface area (TPSA) is 215 Å². The third-order valence-electron chi connectivity index (χ3n) is 5.38. The first-order valence-corrected chi connectivity index (χ1v) is 13.3. The molecule has 0 aliphatic carbocycles. The molecule has 4 rings (SSSR count). The van der Waals surface area contributed by atoms with Gasteiger partial charge in [0.1, 0.15) is 35.7 Å². The summed E-state index contributed by atoms with van der Waals surface area (Å²) in [5.41, 5.74) is 12.8. The van der Waals surface area contributed by atoms with Gasteiger partial charge in [-0.05, 0) is 18.1 Å². The van der Waals surface area contributed by atoms with Crippen LogP contribution in [0.4, 0.5) is 5.13 Å². The summed E-state index contributed by atoms with van der Waals surface area (Å²) in [4.78, 5) is 52.2. The third-order valence-corrected chi connectivity index (χ3v) is 8.47. The van der Waals surface area contributed by atoms with E-state index in [9.17, 15) is 19.5 Å². The van der Waals surface area contributed by atoms with E-state index in [1.165, 1.54) is 45.9 Å². The van der Waals surface area contributed by atoms with Crippen molar-refractivity contribution in [2.45, 2.75) is 18.3 Å². The van der Waals surface area contributed by atoms with Crippen LogP contribution < -0.4 is 22.6 Å². The number of carboxylic acids is 1. The number of amides is 2. The number of carbonyl (C=O) groups is 3. The zero-order valence-electron chi connectivity index (χ0n) is 19.1. The molecule has 8 N–H and O–H groups in total. The number of anilines is 1. The molecule has 4 heterocycles. The van der Waals surface area contributed by atoms with Gasteiger partial charge in [0.2, 0.25) is 0 Å². The van der Waals surface area contributed by atoms with Crippen LogP contribution in [-0.2, 0) is 19.2 Å². The number of nitrogens with two attached hydrogens (primary N) is 3. The SMILES string of the molecule is CO/N=C(\C(=O)NC1C(=O)N2C(C(=O)O)=C(CSC3=NC(N)=C(C)CN3N)CS[C@@H]12)c1csc(N)n1. The summed E-state index contributed by atoms with van der Waals surface area (Å²) < 4.78 is 0. The van der Waals surface area contributed by atoms with Crippen LogP contribution in [0.5, 0.6) is 0 Å². The number of hydrogen-bond donors (Lipinski definition) is 5. The average molecular weight is 554 g/mol. The zero-order chi connectivity index (χ0) is 26.1. The molecule has 1 unspecified atom stereocenters. The number of nitrogen functional groups attached to an aromatic ring is 1. The van der Waals surface area contributed by atoms with E-state index in [2.05, 4.69) is 20.4 Å². The Balaban J connectivity index is 1.49. The molecule has 3 aliphatic heterocycles. The maximum absolute atomic E-state index is 13.0. The largest absolute Gasteiger partial charge is 0.477 e. The minimum atomic E-state index is -1.24. The van der Waals surface area contributed by atoms with Crippen molar-refractivity contribution < 1.29 is 24.3 Å². The Bertz CT molecular complexity index is 1240. The Labute approximate surface area is 217 Å². The number of rotatable bonds is 7. The molecular formula is C19H23N9O5S3. The first-order valence-electron chi connectivity index (χ1n) is 10.3. The molecule has 1 aromatic rings. The van der Waals surface area contributed by atoms with Crippen LogP contribution >= 0.6 is 34.9 Å². The second-order valence-electron chi connectivity index (χ2n) is 7.79. The second-order valence-corrected chi connectivity index (χ2v) is 10.7. The van der Waals surface area contributed by atoms with Crippen LogP contribution in [0.3, 0.4) is 0 Å². The van der Waals surface area contributed by atoms with Crippen molar-refractivity contribution in [2.75, 3.05) is 30.9 Å². The first kappa shape index (κ1) is 25.8. The van der Waals surface area contributed by atoms with E-state index in [4.69, 9.17) is 22.1 Å². The normalized spacial score (nSPS) is 22.2. The van der Waals surface area contributed by atoms with Gasteiger partial charge in [0, 0.05) is 16.9 Å². The molecule has 3 aliphatic rings. The number of nitrogens with one attached hydrogen (secondary N) is 1. The van der Waals surface area contributed by atoms with Crippen LogP contribution in [0.1, 0.15) is 12.6 Å². The van der Waals surface area contributed by atoms with E-state index in [1.54, 1.807) is 0 Å². The van der Waals surface area contributed by atoms with Crippen LogP contribution in [0.15, 0.2) is 38.2 Å². The van der Waals surface area contributed by atoms with E-state index >= 15 is 0 Å². The number of thiazole rings is 1. The molecule has 1 aromatic heterocycles. The maximum Gasteiger partial charge on any atom is 0.352 e. The molecule has 1 saturated heterocycles. The molecule has 2 atom stereocenters. The fourth-order valence-corrected chi connectivity index (χ4v) is 6.59. The van der Waals surface area contributed by atoms with Crippen molar-refractivity contribution in [1.29, 1.82) is 0 Å². The number of aliphatic imine (C=N–C) groups is 1. The lowest BCUT2D eigenvalue weighted by Crippen LogP contribution is -2.71. The lowest BCUT2D eigenvalue weighted by atomic mass is 10.0. The molecule has 0 aromatic carbocycles. The molecule has 14 nitrogen and oxygen atoms in total. The summed E-state index contributed by atoms with van der Waals surface area (Å²) in [5.74, 6) is 4.47. The number of thioether (sulfide) groups is 2. The van der Waals surface area contributed by atoms with Crippen LogP contribution in [0.25, 0.3) is 0 Å². The number of fused-ring (bicyclic) bond motifs is 1. The van der Waals surface area contributed by atoms with Crippen LogP contribution in [0, 0.1) is 0 Å². The predicted octanol–water partition coefficient (Wildman–Crippen LogP) is -0.717. The Morgan fingerprint density at radius 2 is 2.17 bits per heavy atom. The van der Waals surface area contributed by atoms with Crippen LogP contribution in [-0.4, -0.2) is 85.2 Å². The fraction of sp³-hybridized carbons (Fsp3) is 0.368. The molecule has 36 heavy (non-hydrogen) atoms. The van der Waals surface area contributed by atoms with Gasteiger partial charge in [-0.1, -0.05) is 16.9 Å².